The number of ether oxygens (including phenoxy) is 4. The summed E-state index contributed by atoms with van der Waals surface area (Å²) in [4.78, 5) is 42.6. The van der Waals surface area contributed by atoms with Crippen LogP contribution in [0.25, 0.3) is 10.9 Å². The summed E-state index contributed by atoms with van der Waals surface area (Å²) in [5.74, 6) is -0.949. The van der Waals surface area contributed by atoms with Gasteiger partial charge in [0, 0.05) is 50.6 Å². The van der Waals surface area contributed by atoms with Gasteiger partial charge in [0.2, 0.25) is 5.91 Å². The van der Waals surface area contributed by atoms with E-state index < -0.39 is 30.1 Å². The number of fused-ring (bicyclic) bond motifs is 2. The van der Waals surface area contributed by atoms with Gasteiger partial charge < -0.3 is 28.8 Å². The zero-order valence-corrected chi connectivity index (χ0v) is 20.0. The Labute approximate surface area is 198 Å². The van der Waals surface area contributed by atoms with Gasteiger partial charge in [-0.25, -0.2) is 0 Å². The van der Waals surface area contributed by atoms with Gasteiger partial charge in [-0.15, -0.1) is 0 Å². The molecule has 2 heterocycles. The lowest BCUT2D eigenvalue weighted by Crippen LogP contribution is -2.58. The van der Waals surface area contributed by atoms with Gasteiger partial charge in [0.05, 0.1) is 20.1 Å². The Bertz CT molecular complexity index is 1060. The van der Waals surface area contributed by atoms with E-state index in [0.717, 1.165) is 22.2 Å². The van der Waals surface area contributed by atoms with E-state index >= 15 is 0 Å². The fraction of sp³-hybridized carbons (Fsp3) is 0.560. The van der Waals surface area contributed by atoms with Crippen LogP contribution in [0.1, 0.15) is 25.3 Å². The maximum atomic E-state index is 13.1. The van der Waals surface area contributed by atoms with Gasteiger partial charge in [0.25, 0.3) is 0 Å². The number of hydrogen-bond donors (Lipinski definition) is 1. The zero-order valence-electron chi connectivity index (χ0n) is 20.0. The van der Waals surface area contributed by atoms with Gasteiger partial charge in [0.1, 0.15) is 18.0 Å². The van der Waals surface area contributed by atoms with Crippen molar-refractivity contribution in [2.75, 3.05) is 34.4 Å². The summed E-state index contributed by atoms with van der Waals surface area (Å²) in [6.45, 7) is 2.40. The van der Waals surface area contributed by atoms with Crippen LogP contribution >= 0.6 is 0 Å². The minimum Gasteiger partial charge on any atom is -0.497 e. The smallest absolute Gasteiger partial charge is 0.311 e. The molecule has 5 atom stereocenters. The number of piperidine rings is 1. The molecule has 1 saturated carbocycles. The molecule has 2 aromatic rings. The molecular formula is C25H32N2O7. The van der Waals surface area contributed by atoms with E-state index in [1.807, 2.05) is 29.3 Å². The second kappa shape index (κ2) is 10.0. The Morgan fingerprint density at radius 1 is 1.21 bits per heavy atom. The van der Waals surface area contributed by atoms with Crippen LogP contribution in [-0.2, 0) is 35.0 Å². The number of nitrogens with one attached hydrogen (secondary N) is 1. The molecule has 0 bridgehead atoms. The maximum absolute atomic E-state index is 13.1. The van der Waals surface area contributed by atoms with Crippen molar-refractivity contribution in [3.05, 3.63) is 30.0 Å². The number of aromatic nitrogens is 1. The molecule has 1 amide bonds. The minimum atomic E-state index is -0.662. The summed E-state index contributed by atoms with van der Waals surface area (Å²) in [6.07, 6.45) is 2.21. The number of likely N-dealkylation sites (tertiary alicyclic amines) is 1. The van der Waals surface area contributed by atoms with Crippen LogP contribution in [0.15, 0.2) is 24.4 Å². The second-order valence-corrected chi connectivity index (χ2v) is 9.08. The van der Waals surface area contributed by atoms with Crippen molar-refractivity contribution in [1.29, 1.82) is 0 Å². The molecule has 9 nitrogen and oxygen atoms in total. The van der Waals surface area contributed by atoms with Crippen molar-refractivity contribution in [1.82, 2.24) is 9.88 Å². The van der Waals surface area contributed by atoms with Gasteiger partial charge in [-0.2, -0.15) is 0 Å². The van der Waals surface area contributed by atoms with Gasteiger partial charge in [0.15, 0.2) is 0 Å². The van der Waals surface area contributed by atoms with E-state index in [4.69, 9.17) is 18.9 Å². The van der Waals surface area contributed by atoms with Crippen LogP contribution in [0.2, 0.25) is 0 Å². The molecule has 1 saturated heterocycles. The second-order valence-electron chi connectivity index (χ2n) is 9.08. The first-order valence-electron chi connectivity index (χ1n) is 11.6. The standard InChI is InChI=1S/C25H32N2O7/c1-14(28)34-21-9-16-13-27(22(29)11-19(16)23(24(21)32-3)25(30)33-4)8-7-15-12-26-20-6-5-17(31-2)10-18(15)20/h5-6,10,12,16,19,21,23-24,26H,7-9,11,13H2,1-4H3/t16-,19-,21+,23-,24-/m0/s1. The van der Waals surface area contributed by atoms with Crippen molar-refractivity contribution >= 4 is 28.7 Å². The number of rotatable bonds is 7. The largest absolute Gasteiger partial charge is 0.497 e. The average molecular weight is 473 g/mol. The first kappa shape index (κ1) is 24.1. The summed E-state index contributed by atoms with van der Waals surface area (Å²) in [5, 5.41) is 1.07. The highest BCUT2D eigenvalue weighted by Crippen LogP contribution is 2.43. The number of esters is 2. The quantitative estimate of drug-likeness (QED) is 0.616. The van der Waals surface area contributed by atoms with Crippen LogP contribution < -0.4 is 4.74 Å². The summed E-state index contributed by atoms with van der Waals surface area (Å²) >= 11 is 0. The van der Waals surface area contributed by atoms with E-state index in [-0.39, 0.29) is 24.2 Å². The normalized spacial score (nSPS) is 26.8. The molecule has 1 aromatic carbocycles. The average Bonchev–Trinajstić information content (AvgIpc) is 3.23. The van der Waals surface area contributed by atoms with E-state index in [0.29, 0.717) is 25.9 Å². The lowest BCUT2D eigenvalue weighted by Gasteiger charge is -2.48. The van der Waals surface area contributed by atoms with Crippen LogP contribution in [0, 0.1) is 17.8 Å². The highest BCUT2D eigenvalue weighted by molar-refractivity contribution is 5.85. The molecular weight excluding hydrogens is 440 g/mol. The number of nitrogens with zero attached hydrogens (tertiary/aromatic N) is 1. The third kappa shape index (κ3) is 4.61. The molecule has 1 N–H and O–H groups in total. The van der Waals surface area contributed by atoms with Crippen LogP contribution in [0.3, 0.4) is 0 Å². The number of hydrogen-bond acceptors (Lipinski definition) is 7. The minimum absolute atomic E-state index is 0.000568. The van der Waals surface area contributed by atoms with Crippen molar-refractivity contribution in [2.24, 2.45) is 17.8 Å². The monoisotopic (exact) mass is 472 g/mol. The Balaban J connectivity index is 1.51. The number of carbonyl (C=O) groups excluding carboxylic acids is 3. The fourth-order valence-corrected chi connectivity index (χ4v) is 5.63. The van der Waals surface area contributed by atoms with Crippen molar-refractivity contribution in [2.45, 2.75) is 38.4 Å². The molecule has 1 aliphatic heterocycles. The fourth-order valence-electron chi connectivity index (χ4n) is 5.63. The Morgan fingerprint density at radius 3 is 2.68 bits per heavy atom. The molecule has 4 rings (SSSR count). The van der Waals surface area contributed by atoms with Gasteiger partial charge >= 0.3 is 11.9 Å². The van der Waals surface area contributed by atoms with Crippen molar-refractivity contribution < 1.29 is 33.3 Å². The molecule has 0 unspecified atom stereocenters. The predicted octanol–water partition coefficient (Wildman–Crippen LogP) is 2.32. The molecule has 0 spiro atoms. The molecule has 184 valence electrons. The van der Waals surface area contributed by atoms with Crippen molar-refractivity contribution in [3.8, 4) is 5.75 Å². The molecule has 1 aliphatic carbocycles. The van der Waals surface area contributed by atoms with Crippen LogP contribution in [-0.4, -0.2) is 74.4 Å². The topological polar surface area (TPSA) is 107 Å². The molecule has 2 aliphatic rings. The highest BCUT2D eigenvalue weighted by Gasteiger charge is 2.53. The lowest BCUT2D eigenvalue weighted by atomic mass is 9.66. The first-order valence-corrected chi connectivity index (χ1v) is 11.6. The summed E-state index contributed by atoms with van der Waals surface area (Å²) in [5.41, 5.74) is 2.13. The number of H-pyrrole nitrogens is 1. The summed E-state index contributed by atoms with van der Waals surface area (Å²) in [7, 11) is 4.45. The van der Waals surface area contributed by atoms with Gasteiger partial charge in [-0.1, -0.05) is 0 Å². The molecule has 9 heteroatoms. The summed E-state index contributed by atoms with van der Waals surface area (Å²) < 4.78 is 21.5. The highest BCUT2D eigenvalue weighted by atomic mass is 16.6. The Hall–Kier alpha value is -3.07. The van der Waals surface area contributed by atoms with E-state index in [1.54, 1.807) is 7.11 Å². The van der Waals surface area contributed by atoms with E-state index in [9.17, 15) is 14.4 Å². The number of aromatic amines is 1. The summed E-state index contributed by atoms with van der Waals surface area (Å²) in [6, 6.07) is 5.88. The Kier molecular flexibility index (Phi) is 7.11. The maximum Gasteiger partial charge on any atom is 0.311 e. The predicted molar refractivity (Wildman–Crippen MR) is 123 cm³/mol. The number of methoxy groups -OCH3 is 3. The van der Waals surface area contributed by atoms with E-state index in [2.05, 4.69) is 4.98 Å². The third-order valence-electron chi connectivity index (χ3n) is 7.23. The van der Waals surface area contributed by atoms with Crippen molar-refractivity contribution in [3.63, 3.8) is 0 Å². The molecule has 2 fully saturated rings. The number of carbonyl (C=O) groups is 3. The molecule has 34 heavy (non-hydrogen) atoms. The Morgan fingerprint density at radius 2 is 2.00 bits per heavy atom. The lowest BCUT2D eigenvalue weighted by molar-refractivity contribution is -0.187. The third-order valence-corrected chi connectivity index (χ3v) is 7.23. The van der Waals surface area contributed by atoms with Crippen LogP contribution in [0.5, 0.6) is 5.75 Å². The zero-order chi connectivity index (χ0) is 24.4. The van der Waals surface area contributed by atoms with Crippen LogP contribution in [0.4, 0.5) is 0 Å². The van der Waals surface area contributed by atoms with Gasteiger partial charge in [-0.05, 0) is 48.4 Å². The molecule has 1 aromatic heterocycles. The van der Waals surface area contributed by atoms with Gasteiger partial charge in [-0.3, -0.25) is 14.4 Å². The first-order chi connectivity index (χ1) is 16.4. The number of amides is 1. The van der Waals surface area contributed by atoms with E-state index in [1.165, 1.54) is 21.1 Å². The molecule has 0 radical (unpaired) electrons. The number of benzene rings is 1. The SMILES string of the molecule is COC(=O)[C@H]1[C@H]2CC(=O)N(CCc3c[nH]c4ccc(OC)cc34)C[C@@H]2C[C@@H](OC(C)=O)[C@@H]1OC.